The molecule has 70 valence electrons. The molecular weight excluding hydrogens is 152 g/mol. The molecule has 0 aromatic carbocycles. The van der Waals surface area contributed by atoms with Crippen molar-refractivity contribution in [2.45, 2.75) is 31.9 Å². The van der Waals surface area contributed by atoms with Crippen LogP contribution in [0.1, 0.15) is 20.3 Å². The smallest absolute Gasteiger partial charge is 0.0975 e. The Kier molecular flexibility index (Phi) is 2.10. The number of ether oxygens (including phenoxy) is 1. The van der Waals surface area contributed by atoms with Gasteiger partial charge in [-0.15, -0.1) is 0 Å². The average Bonchev–Trinajstić information content (AvgIpc) is 2.62. The lowest BCUT2D eigenvalue weighted by molar-refractivity contribution is 0.0168. The zero-order valence-corrected chi connectivity index (χ0v) is 7.97. The molecule has 0 saturated carbocycles. The van der Waals surface area contributed by atoms with Gasteiger partial charge in [0.1, 0.15) is 0 Å². The normalized spacial score (nSPS) is 37.2. The van der Waals surface area contributed by atoms with Gasteiger partial charge in [0, 0.05) is 25.7 Å². The van der Waals surface area contributed by atoms with Gasteiger partial charge in [-0.3, -0.25) is 10.2 Å². The van der Waals surface area contributed by atoms with E-state index in [2.05, 4.69) is 24.1 Å². The van der Waals surface area contributed by atoms with Crippen molar-refractivity contribution in [2.75, 3.05) is 26.4 Å². The molecule has 1 spiro atoms. The highest BCUT2D eigenvalue weighted by molar-refractivity contribution is 4.96. The van der Waals surface area contributed by atoms with Crippen LogP contribution < -0.4 is 5.32 Å². The molecule has 2 rings (SSSR count). The molecule has 3 heteroatoms. The van der Waals surface area contributed by atoms with E-state index in [1.807, 2.05) is 0 Å². The highest BCUT2D eigenvalue weighted by Gasteiger charge is 2.42. The van der Waals surface area contributed by atoms with Crippen molar-refractivity contribution in [3.8, 4) is 0 Å². The van der Waals surface area contributed by atoms with Gasteiger partial charge in [-0.25, -0.2) is 0 Å². The summed E-state index contributed by atoms with van der Waals surface area (Å²) in [6, 6.07) is 0.661. The van der Waals surface area contributed by atoms with Crippen LogP contribution in [0.2, 0.25) is 0 Å². The van der Waals surface area contributed by atoms with E-state index < -0.39 is 0 Å². The summed E-state index contributed by atoms with van der Waals surface area (Å²) in [6.45, 7) is 8.59. The van der Waals surface area contributed by atoms with E-state index >= 15 is 0 Å². The summed E-state index contributed by atoms with van der Waals surface area (Å²) in [4.78, 5) is 2.49. The molecule has 0 aromatic rings. The monoisotopic (exact) mass is 170 g/mol. The standard InChI is InChI=1S/C9H18N2O/c1-8(2)11-4-3-9(6-11)5-10-7-12-9/h8,10H,3-7H2,1-2H3. The molecule has 0 aromatic heterocycles. The molecule has 0 aliphatic carbocycles. The zero-order chi connectivity index (χ0) is 8.60. The Morgan fingerprint density at radius 1 is 1.50 bits per heavy atom. The van der Waals surface area contributed by atoms with Crippen LogP contribution >= 0.6 is 0 Å². The highest BCUT2D eigenvalue weighted by Crippen LogP contribution is 2.28. The lowest BCUT2D eigenvalue weighted by Gasteiger charge is -2.24. The van der Waals surface area contributed by atoms with Crippen molar-refractivity contribution < 1.29 is 4.74 Å². The van der Waals surface area contributed by atoms with Crippen LogP contribution in [-0.2, 0) is 4.74 Å². The number of nitrogens with one attached hydrogen (secondary N) is 1. The van der Waals surface area contributed by atoms with E-state index in [0.29, 0.717) is 6.04 Å². The molecule has 2 heterocycles. The summed E-state index contributed by atoms with van der Waals surface area (Å²) < 4.78 is 5.73. The van der Waals surface area contributed by atoms with Gasteiger partial charge in [0.05, 0.1) is 12.3 Å². The topological polar surface area (TPSA) is 24.5 Å². The quantitative estimate of drug-likeness (QED) is 0.617. The molecule has 1 atom stereocenters. The van der Waals surface area contributed by atoms with Crippen molar-refractivity contribution in [1.29, 1.82) is 0 Å². The van der Waals surface area contributed by atoms with Crippen LogP contribution in [-0.4, -0.2) is 42.9 Å². The lowest BCUT2D eigenvalue weighted by Crippen LogP contribution is -2.38. The van der Waals surface area contributed by atoms with Gasteiger partial charge < -0.3 is 4.74 Å². The van der Waals surface area contributed by atoms with Crippen LogP contribution in [0.3, 0.4) is 0 Å². The predicted octanol–water partition coefficient (Wildman–Crippen LogP) is 0.417. The Morgan fingerprint density at radius 2 is 2.33 bits per heavy atom. The maximum absolute atomic E-state index is 5.73. The first-order valence-electron chi connectivity index (χ1n) is 4.81. The van der Waals surface area contributed by atoms with Crippen molar-refractivity contribution in [3.63, 3.8) is 0 Å². The Morgan fingerprint density at radius 3 is 2.83 bits per heavy atom. The fourth-order valence-electron chi connectivity index (χ4n) is 2.11. The number of hydrogen-bond donors (Lipinski definition) is 1. The van der Waals surface area contributed by atoms with E-state index in [1.54, 1.807) is 0 Å². The second-order valence-corrected chi connectivity index (χ2v) is 4.21. The summed E-state index contributed by atoms with van der Waals surface area (Å²) in [6.07, 6.45) is 1.19. The molecule has 0 amide bonds. The Labute approximate surface area is 74.1 Å². The maximum atomic E-state index is 5.73. The summed E-state index contributed by atoms with van der Waals surface area (Å²) in [7, 11) is 0. The third-order valence-corrected chi connectivity index (χ3v) is 3.00. The SMILES string of the molecule is CC(C)N1CCC2(CNCO2)C1. The van der Waals surface area contributed by atoms with Crippen molar-refractivity contribution in [3.05, 3.63) is 0 Å². The summed E-state index contributed by atoms with van der Waals surface area (Å²) in [5.74, 6) is 0. The van der Waals surface area contributed by atoms with E-state index in [9.17, 15) is 0 Å². The summed E-state index contributed by atoms with van der Waals surface area (Å²) in [5.41, 5.74) is 0.157. The highest BCUT2D eigenvalue weighted by atomic mass is 16.5. The van der Waals surface area contributed by atoms with Gasteiger partial charge in [0.25, 0.3) is 0 Å². The first kappa shape index (κ1) is 8.48. The first-order chi connectivity index (χ1) is 5.72. The van der Waals surface area contributed by atoms with Crippen LogP contribution in [0.25, 0.3) is 0 Å². The van der Waals surface area contributed by atoms with Crippen molar-refractivity contribution in [1.82, 2.24) is 10.2 Å². The number of likely N-dealkylation sites (tertiary alicyclic amines) is 1. The number of hydrogen-bond acceptors (Lipinski definition) is 3. The maximum Gasteiger partial charge on any atom is 0.0975 e. The molecule has 12 heavy (non-hydrogen) atoms. The number of nitrogens with zero attached hydrogens (tertiary/aromatic N) is 1. The average molecular weight is 170 g/mol. The molecule has 2 saturated heterocycles. The van der Waals surface area contributed by atoms with E-state index in [4.69, 9.17) is 4.74 Å². The first-order valence-corrected chi connectivity index (χ1v) is 4.81. The second-order valence-electron chi connectivity index (χ2n) is 4.21. The number of rotatable bonds is 1. The van der Waals surface area contributed by atoms with Crippen LogP contribution in [0, 0.1) is 0 Å². The lowest BCUT2D eigenvalue weighted by atomic mass is 10.0. The minimum atomic E-state index is 0.157. The molecular formula is C9H18N2O. The predicted molar refractivity (Wildman–Crippen MR) is 48.0 cm³/mol. The molecule has 0 radical (unpaired) electrons. The van der Waals surface area contributed by atoms with Gasteiger partial charge in [-0.2, -0.15) is 0 Å². The molecule has 2 fully saturated rings. The molecule has 0 bridgehead atoms. The van der Waals surface area contributed by atoms with Crippen LogP contribution in [0.4, 0.5) is 0 Å². The van der Waals surface area contributed by atoms with Crippen LogP contribution in [0.15, 0.2) is 0 Å². The third kappa shape index (κ3) is 1.37. The van der Waals surface area contributed by atoms with Crippen molar-refractivity contribution >= 4 is 0 Å². The van der Waals surface area contributed by atoms with Gasteiger partial charge >= 0.3 is 0 Å². The van der Waals surface area contributed by atoms with Gasteiger partial charge in [-0.1, -0.05) is 0 Å². The van der Waals surface area contributed by atoms with Crippen LogP contribution in [0.5, 0.6) is 0 Å². The Balaban J connectivity index is 1.96. The summed E-state index contributed by atoms with van der Waals surface area (Å²) in [5, 5.41) is 3.27. The van der Waals surface area contributed by atoms with Gasteiger partial charge in [0.15, 0.2) is 0 Å². The zero-order valence-electron chi connectivity index (χ0n) is 7.97. The summed E-state index contributed by atoms with van der Waals surface area (Å²) >= 11 is 0. The van der Waals surface area contributed by atoms with E-state index in [-0.39, 0.29) is 5.60 Å². The van der Waals surface area contributed by atoms with Crippen molar-refractivity contribution in [2.24, 2.45) is 0 Å². The minimum absolute atomic E-state index is 0.157. The third-order valence-electron chi connectivity index (χ3n) is 3.00. The Bertz CT molecular complexity index is 164. The molecule has 2 aliphatic heterocycles. The van der Waals surface area contributed by atoms with Gasteiger partial charge in [-0.05, 0) is 20.3 Å². The Hall–Kier alpha value is -0.120. The molecule has 3 nitrogen and oxygen atoms in total. The van der Waals surface area contributed by atoms with Gasteiger partial charge in [0.2, 0.25) is 0 Å². The van der Waals surface area contributed by atoms with E-state index in [1.165, 1.54) is 13.0 Å². The van der Waals surface area contributed by atoms with E-state index in [0.717, 1.165) is 19.8 Å². The fraction of sp³-hybridized carbons (Fsp3) is 1.00. The molecule has 1 N–H and O–H groups in total. The second kappa shape index (κ2) is 2.98. The molecule has 1 unspecified atom stereocenters. The fourth-order valence-corrected chi connectivity index (χ4v) is 2.11. The largest absolute Gasteiger partial charge is 0.357 e. The molecule has 2 aliphatic rings. The minimum Gasteiger partial charge on any atom is -0.357 e.